The van der Waals surface area contributed by atoms with Gasteiger partial charge in [0.15, 0.2) is 0 Å². The first-order valence-corrected chi connectivity index (χ1v) is 6.69. The molecule has 1 aliphatic heterocycles. The van der Waals surface area contributed by atoms with Crippen LogP contribution in [0.4, 0.5) is 4.79 Å². The average Bonchev–Trinajstić information content (AvgIpc) is 2.38. The number of likely N-dealkylation sites (tertiary alicyclic amines) is 1. The molecule has 1 aliphatic rings. The van der Waals surface area contributed by atoms with Gasteiger partial charge in [0.25, 0.3) is 0 Å². The SMILES string of the molecule is CC(C)(C)OC(=O)N1CCC(c2cnccn2)CC1. The molecule has 1 amide bonds. The molecular formula is C14H21N3O2. The first-order chi connectivity index (χ1) is 8.96. The quantitative estimate of drug-likeness (QED) is 0.781. The summed E-state index contributed by atoms with van der Waals surface area (Å²) in [5, 5.41) is 0. The fourth-order valence-corrected chi connectivity index (χ4v) is 2.21. The van der Waals surface area contributed by atoms with Crippen molar-refractivity contribution in [2.75, 3.05) is 13.1 Å². The van der Waals surface area contributed by atoms with Crippen LogP contribution in [-0.4, -0.2) is 39.7 Å². The zero-order valence-electron chi connectivity index (χ0n) is 11.8. The van der Waals surface area contributed by atoms with E-state index >= 15 is 0 Å². The number of rotatable bonds is 1. The second-order valence-corrected chi connectivity index (χ2v) is 5.87. The summed E-state index contributed by atoms with van der Waals surface area (Å²) in [5.74, 6) is 0.396. The summed E-state index contributed by atoms with van der Waals surface area (Å²) in [6.07, 6.45) is 6.82. The van der Waals surface area contributed by atoms with Crippen LogP contribution in [0.2, 0.25) is 0 Å². The van der Waals surface area contributed by atoms with Crippen molar-refractivity contribution in [3.05, 3.63) is 24.3 Å². The van der Waals surface area contributed by atoms with Crippen molar-refractivity contribution in [2.24, 2.45) is 0 Å². The summed E-state index contributed by atoms with van der Waals surface area (Å²) in [5.41, 5.74) is 0.588. The van der Waals surface area contributed by atoms with Gasteiger partial charge in [-0.2, -0.15) is 0 Å². The van der Waals surface area contributed by atoms with E-state index in [1.165, 1.54) is 0 Å². The molecule has 2 heterocycles. The highest BCUT2D eigenvalue weighted by Crippen LogP contribution is 2.26. The molecule has 1 saturated heterocycles. The van der Waals surface area contributed by atoms with Crippen LogP contribution in [0.15, 0.2) is 18.6 Å². The van der Waals surface area contributed by atoms with Crippen molar-refractivity contribution in [1.82, 2.24) is 14.9 Å². The van der Waals surface area contributed by atoms with Gasteiger partial charge >= 0.3 is 6.09 Å². The molecule has 0 aromatic carbocycles. The molecule has 0 N–H and O–H groups in total. The summed E-state index contributed by atoms with van der Waals surface area (Å²) < 4.78 is 5.38. The van der Waals surface area contributed by atoms with Crippen molar-refractivity contribution >= 4 is 6.09 Å². The minimum Gasteiger partial charge on any atom is -0.444 e. The zero-order chi connectivity index (χ0) is 13.9. The largest absolute Gasteiger partial charge is 0.444 e. The molecule has 0 saturated carbocycles. The maximum absolute atomic E-state index is 11.9. The van der Waals surface area contributed by atoms with Crippen molar-refractivity contribution in [1.29, 1.82) is 0 Å². The molecule has 19 heavy (non-hydrogen) atoms. The maximum Gasteiger partial charge on any atom is 0.410 e. The number of hydrogen-bond acceptors (Lipinski definition) is 4. The summed E-state index contributed by atoms with van der Waals surface area (Å²) >= 11 is 0. The van der Waals surface area contributed by atoms with Crippen molar-refractivity contribution in [3.63, 3.8) is 0 Å². The Morgan fingerprint density at radius 2 is 2.00 bits per heavy atom. The Labute approximate surface area is 114 Å². The Kier molecular flexibility index (Phi) is 4.02. The molecule has 1 aromatic rings. The third-order valence-electron chi connectivity index (χ3n) is 3.15. The van der Waals surface area contributed by atoms with Gasteiger partial charge in [-0.3, -0.25) is 9.97 Å². The normalized spacial score (nSPS) is 17.3. The van der Waals surface area contributed by atoms with Gasteiger partial charge in [0.2, 0.25) is 0 Å². The van der Waals surface area contributed by atoms with E-state index in [0.29, 0.717) is 5.92 Å². The lowest BCUT2D eigenvalue weighted by Crippen LogP contribution is -2.41. The smallest absolute Gasteiger partial charge is 0.410 e. The number of hydrogen-bond donors (Lipinski definition) is 0. The van der Waals surface area contributed by atoms with E-state index in [-0.39, 0.29) is 6.09 Å². The summed E-state index contributed by atoms with van der Waals surface area (Å²) in [6.45, 7) is 7.10. The Balaban J connectivity index is 1.88. The van der Waals surface area contributed by atoms with Gasteiger partial charge in [-0.05, 0) is 33.6 Å². The summed E-state index contributed by atoms with van der Waals surface area (Å²) in [6, 6.07) is 0. The predicted molar refractivity (Wildman–Crippen MR) is 71.8 cm³/mol. The number of amides is 1. The van der Waals surface area contributed by atoms with Gasteiger partial charge in [0.1, 0.15) is 5.60 Å². The van der Waals surface area contributed by atoms with Crippen LogP contribution in [0, 0.1) is 0 Å². The summed E-state index contributed by atoms with van der Waals surface area (Å²) in [7, 11) is 0. The first kappa shape index (κ1) is 13.8. The lowest BCUT2D eigenvalue weighted by atomic mass is 9.94. The second kappa shape index (κ2) is 5.55. The topological polar surface area (TPSA) is 55.3 Å². The molecule has 1 aromatic heterocycles. The summed E-state index contributed by atoms with van der Waals surface area (Å²) in [4.78, 5) is 22.1. The zero-order valence-corrected chi connectivity index (χ0v) is 11.8. The molecule has 104 valence electrons. The Hall–Kier alpha value is -1.65. The molecule has 0 aliphatic carbocycles. The van der Waals surface area contributed by atoms with E-state index in [9.17, 15) is 4.79 Å². The van der Waals surface area contributed by atoms with E-state index in [4.69, 9.17) is 4.74 Å². The van der Waals surface area contributed by atoms with E-state index in [0.717, 1.165) is 31.6 Å². The standard InChI is InChI=1S/C14H21N3O2/c1-14(2,3)19-13(18)17-8-4-11(5-9-17)12-10-15-6-7-16-12/h6-7,10-11H,4-5,8-9H2,1-3H3. The van der Waals surface area contributed by atoms with Crippen LogP contribution in [0.5, 0.6) is 0 Å². The number of aromatic nitrogens is 2. The molecule has 5 heteroatoms. The molecule has 1 fully saturated rings. The highest BCUT2D eigenvalue weighted by Gasteiger charge is 2.27. The lowest BCUT2D eigenvalue weighted by Gasteiger charge is -2.33. The lowest BCUT2D eigenvalue weighted by molar-refractivity contribution is 0.0204. The molecule has 0 spiro atoms. The number of carbonyl (C=O) groups is 1. The Morgan fingerprint density at radius 3 is 2.53 bits per heavy atom. The van der Waals surface area contributed by atoms with Gasteiger partial charge in [0, 0.05) is 37.6 Å². The van der Waals surface area contributed by atoms with E-state index in [2.05, 4.69) is 9.97 Å². The van der Waals surface area contributed by atoms with E-state index in [1.807, 2.05) is 27.0 Å². The number of ether oxygens (including phenoxy) is 1. The highest BCUT2D eigenvalue weighted by atomic mass is 16.6. The fraction of sp³-hybridized carbons (Fsp3) is 0.643. The first-order valence-electron chi connectivity index (χ1n) is 6.69. The Morgan fingerprint density at radius 1 is 1.32 bits per heavy atom. The number of carbonyl (C=O) groups excluding carboxylic acids is 1. The van der Waals surface area contributed by atoms with Crippen molar-refractivity contribution in [2.45, 2.75) is 45.1 Å². The molecule has 0 bridgehead atoms. The van der Waals surface area contributed by atoms with Gasteiger partial charge in [-0.15, -0.1) is 0 Å². The molecule has 0 unspecified atom stereocenters. The molecule has 2 rings (SSSR count). The van der Waals surface area contributed by atoms with Gasteiger partial charge in [-0.1, -0.05) is 0 Å². The van der Waals surface area contributed by atoms with Gasteiger partial charge in [-0.25, -0.2) is 4.79 Å². The number of nitrogens with zero attached hydrogens (tertiary/aromatic N) is 3. The van der Waals surface area contributed by atoms with Gasteiger partial charge < -0.3 is 9.64 Å². The maximum atomic E-state index is 11.9. The van der Waals surface area contributed by atoms with E-state index < -0.39 is 5.60 Å². The third kappa shape index (κ3) is 3.91. The predicted octanol–water partition coefficient (Wildman–Crippen LogP) is 2.59. The Bertz CT molecular complexity index is 420. The van der Waals surface area contributed by atoms with Gasteiger partial charge in [0.05, 0.1) is 5.69 Å². The molecule has 0 radical (unpaired) electrons. The van der Waals surface area contributed by atoms with Crippen LogP contribution in [0.3, 0.4) is 0 Å². The molecule has 0 atom stereocenters. The fourth-order valence-electron chi connectivity index (χ4n) is 2.21. The molecular weight excluding hydrogens is 242 g/mol. The minimum atomic E-state index is -0.432. The van der Waals surface area contributed by atoms with Crippen molar-refractivity contribution < 1.29 is 9.53 Å². The van der Waals surface area contributed by atoms with Crippen LogP contribution >= 0.6 is 0 Å². The average molecular weight is 263 g/mol. The van der Waals surface area contributed by atoms with Crippen LogP contribution in [0.1, 0.15) is 45.2 Å². The van der Waals surface area contributed by atoms with Crippen LogP contribution in [0.25, 0.3) is 0 Å². The van der Waals surface area contributed by atoms with Crippen molar-refractivity contribution in [3.8, 4) is 0 Å². The van der Waals surface area contributed by atoms with Crippen LogP contribution < -0.4 is 0 Å². The monoisotopic (exact) mass is 263 g/mol. The van der Waals surface area contributed by atoms with E-state index in [1.54, 1.807) is 17.3 Å². The third-order valence-corrected chi connectivity index (χ3v) is 3.15. The second-order valence-electron chi connectivity index (χ2n) is 5.87. The van der Waals surface area contributed by atoms with Crippen LogP contribution in [-0.2, 0) is 4.74 Å². The highest BCUT2D eigenvalue weighted by molar-refractivity contribution is 5.68. The number of piperidine rings is 1. The molecule has 5 nitrogen and oxygen atoms in total. The minimum absolute atomic E-state index is 0.218.